The Morgan fingerprint density at radius 2 is 1.64 bits per heavy atom. The Bertz CT molecular complexity index is 950. The van der Waals surface area contributed by atoms with Crippen LogP contribution in [0.1, 0.15) is 29.5 Å². The minimum atomic E-state index is -3.56. The minimum Gasteiger partial charge on any atom is -0.358 e. The Kier molecular flexibility index (Phi) is 5.31. The fourth-order valence-electron chi connectivity index (χ4n) is 4.36. The van der Waals surface area contributed by atoms with E-state index in [1.165, 1.54) is 11.1 Å². The summed E-state index contributed by atoms with van der Waals surface area (Å²) in [4.78, 5) is 2.75. The molecular weight excluding hydrogens is 372 g/mol. The molecule has 0 aliphatic carbocycles. The van der Waals surface area contributed by atoms with Crippen LogP contribution in [0.25, 0.3) is 0 Å². The van der Waals surface area contributed by atoms with Crippen LogP contribution in [0.15, 0.2) is 53.4 Å². The molecule has 0 amide bonds. The van der Waals surface area contributed by atoms with Crippen molar-refractivity contribution in [2.24, 2.45) is 0 Å². The number of nitrogens with zero attached hydrogens (tertiary/aromatic N) is 2. The van der Waals surface area contributed by atoms with Crippen LogP contribution in [-0.4, -0.2) is 49.6 Å². The van der Waals surface area contributed by atoms with Crippen molar-refractivity contribution < 1.29 is 13.2 Å². The van der Waals surface area contributed by atoms with E-state index in [2.05, 4.69) is 36.1 Å². The summed E-state index contributed by atoms with van der Waals surface area (Å²) < 4.78 is 34.3. The smallest absolute Gasteiger partial charge is 0.245 e. The zero-order chi connectivity index (χ0) is 19.8. The highest BCUT2D eigenvalue weighted by Gasteiger charge is 2.50. The van der Waals surface area contributed by atoms with Gasteiger partial charge in [0.05, 0.1) is 11.5 Å². The number of rotatable bonds is 4. The topological polar surface area (TPSA) is 49.9 Å². The third kappa shape index (κ3) is 3.74. The number of hydrogen-bond donors (Lipinski definition) is 0. The summed E-state index contributed by atoms with van der Waals surface area (Å²) in [6.07, 6.45) is 1.40. The van der Waals surface area contributed by atoms with Gasteiger partial charge in [0.15, 0.2) is 0 Å². The largest absolute Gasteiger partial charge is 0.358 e. The van der Waals surface area contributed by atoms with Gasteiger partial charge < -0.3 is 4.74 Å². The molecule has 2 aliphatic rings. The number of benzene rings is 2. The zero-order valence-electron chi connectivity index (χ0n) is 16.6. The molecule has 4 rings (SSSR count). The molecule has 150 valence electrons. The fourth-order valence-corrected chi connectivity index (χ4v) is 6.19. The van der Waals surface area contributed by atoms with Gasteiger partial charge in [-0.2, -0.15) is 4.31 Å². The number of aryl methyl sites for hydroxylation is 2. The number of piperidine rings is 1. The second-order valence-corrected chi connectivity index (χ2v) is 9.82. The molecule has 2 aromatic rings. The van der Waals surface area contributed by atoms with Gasteiger partial charge in [-0.1, -0.05) is 42.0 Å². The van der Waals surface area contributed by atoms with Gasteiger partial charge in [0.1, 0.15) is 5.72 Å². The van der Waals surface area contributed by atoms with Crippen molar-refractivity contribution in [2.75, 3.05) is 26.2 Å². The fraction of sp³-hybridized carbons (Fsp3) is 0.455. The summed E-state index contributed by atoms with van der Waals surface area (Å²) in [7, 11) is -3.56. The second-order valence-electron chi connectivity index (χ2n) is 7.95. The van der Waals surface area contributed by atoms with E-state index in [0.717, 1.165) is 25.2 Å². The van der Waals surface area contributed by atoms with Gasteiger partial charge in [-0.05, 0) is 37.1 Å². The zero-order valence-corrected chi connectivity index (χ0v) is 17.4. The van der Waals surface area contributed by atoms with Crippen LogP contribution in [-0.2, 0) is 21.3 Å². The van der Waals surface area contributed by atoms with Crippen molar-refractivity contribution in [3.05, 3.63) is 65.2 Å². The van der Waals surface area contributed by atoms with E-state index in [1.54, 1.807) is 22.5 Å². The molecule has 1 spiro atoms. The second kappa shape index (κ2) is 7.59. The predicted molar refractivity (Wildman–Crippen MR) is 109 cm³/mol. The lowest BCUT2D eigenvalue weighted by Gasteiger charge is -2.42. The molecule has 0 N–H and O–H groups in total. The lowest BCUT2D eigenvalue weighted by Crippen LogP contribution is -2.54. The Balaban J connectivity index is 1.49. The molecule has 2 aromatic carbocycles. The minimum absolute atomic E-state index is 0.361. The third-order valence-electron chi connectivity index (χ3n) is 5.82. The first-order valence-electron chi connectivity index (χ1n) is 9.90. The highest BCUT2D eigenvalue weighted by Crippen LogP contribution is 2.38. The van der Waals surface area contributed by atoms with Crippen LogP contribution < -0.4 is 0 Å². The maximum absolute atomic E-state index is 13.3. The SMILES string of the molecule is Cc1cccc(CN2CCC3(CC2)OCCN3S(=O)(=O)c2cccc(C)c2)c1. The summed E-state index contributed by atoms with van der Waals surface area (Å²) in [6, 6.07) is 15.7. The van der Waals surface area contributed by atoms with E-state index in [1.807, 2.05) is 13.0 Å². The third-order valence-corrected chi connectivity index (χ3v) is 7.77. The van der Waals surface area contributed by atoms with Crippen LogP contribution >= 0.6 is 0 Å². The number of sulfonamides is 1. The van der Waals surface area contributed by atoms with Gasteiger partial charge in [0.2, 0.25) is 10.0 Å². The Morgan fingerprint density at radius 3 is 2.32 bits per heavy atom. The lowest BCUT2D eigenvalue weighted by molar-refractivity contribution is -0.0917. The first kappa shape index (κ1) is 19.6. The maximum Gasteiger partial charge on any atom is 0.245 e. The van der Waals surface area contributed by atoms with Gasteiger partial charge in [-0.25, -0.2) is 8.42 Å². The van der Waals surface area contributed by atoms with Crippen LogP contribution in [0.4, 0.5) is 0 Å². The van der Waals surface area contributed by atoms with Crippen molar-refractivity contribution in [3.8, 4) is 0 Å². The average molecular weight is 401 g/mol. The molecule has 0 saturated carbocycles. The lowest BCUT2D eigenvalue weighted by atomic mass is 10.00. The molecular formula is C22H28N2O3S. The normalized spacial score (nSPS) is 20.6. The average Bonchev–Trinajstić information content (AvgIpc) is 3.08. The first-order chi connectivity index (χ1) is 13.4. The van der Waals surface area contributed by atoms with Gasteiger partial charge >= 0.3 is 0 Å². The van der Waals surface area contributed by atoms with Gasteiger partial charge in [0.25, 0.3) is 0 Å². The van der Waals surface area contributed by atoms with E-state index in [0.29, 0.717) is 30.9 Å². The molecule has 2 aliphatic heterocycles. The van der Waals surface area contributed by atoms with Crippen LogP contribution in [0.2, 0.25) is 0 Å². The molecule has 2 heterocycles. The Hall–Kier alpha value is -1.73. The van der Waals surface area contributed by atoms with E-state index >= 15 is 0 Å². The highest BCUT2D eigenvalue weighted by molar-refractivity contribution is 7.89. The molecule has 0 atom stereocenters. The number of likely N-dealkylation sites (tertiary alicyclic amines) is 1. The molecule has 0 aromatic heterocycles. The Morgan fingerprint density at radius 1 is 0.964 bits per heavy atom. The summed E-state index contributed by atoms with van der Waals surface area (Å²) in [5.41, 5.74) is 2.81. The monoisotopic (exact) mass is 400 g/mol. The van der Waals surface area contributed by atoms with E-state index in [9.17, 15) is 8.42 Å². The summed E-state index contributed by atoms with van der Waals surface area (Å²) >= 11 is 0. The predicted octanol–water partition coefficient (Wildman–Crippen LogP) is 3.32. The molecule has 28 heavy (non-hydrogen) atoms. The van der Waals surface area contributed by atoms with E-state index < -0.39 is 15.7 Å². The summed E-state index contributed by atoms with van der Waals surface area (Å²) in [5.74, 6) is 0. The molecule has 0 unspecified atom stereocenters. The number of hydrogen-bond acceptors (Lipinski definition) is 4. The van der Waals surface area contributed by atoms with Crippen LogP contribution in [0.3, 0.4) is 0 Å². The van der Waals surface area contributed by atoms with Gasteiger partial charge in [-0.15, -0.1) is 0 Å². The first-order valence-corrected chi connectivity index (χ1v) is 11.3. The standard InChI is InChI=1S/C22H28N2O3S/c1-18-5-3-7-20(15-18)17-23-11-9-22(10-12-23)24(13-14-27-22)28(25,26)21-8-4-6-19(2)16-21/h3-8,15-16H,9-14,17H2,1-2H3. The summed E-state index contributed by atoms with van der Waals surface area (Å²) in [6.45, 7) is 7.45. The maximum atomic E-state index is 13.3. The highest BCUT2D eigenvalue weighted by atomic mass is 32.2. The van der Waals surface area contributed by atoms with Crippen molar-refractivity contribution in [3.63, 3.8) is 0 Å². The van der Waals surface area contributed by atoms with Crippen LogP contribution in [0.5, 0.6) is 0 Å². The van der Waals surface area contributed by atoms with Crippen molar-refractivity contribution in [1.82, 2.24) is 9.21 Å². The molecule has 2 fully saturated rings. The molecule has 0 radical (unpaired) electrons. The summed E-state index contributed by atoms with van der Waals surface area (Å²) in [5, 5.41) is 0. The Labute approximate surface area is 168 Å². The number of ether oxygens (including phenoxy) is 1. The molecule has 0 bridgehead atoms. The van der Waals surface area contributed by atoms with Crippen LogP contribution in [0, 0.1) is 13.8 Å². The van der Waals surface area contributed by atoms with E-state index in [-0.39, 0.29) is 0 Å². The quantitative estimate of drug-likeness (QED) is 0.790. The van der Waals surface area contributed by atoms with Crippen molar-refractivity contribution in [1.29, 1.82) is 0 Å². The molecule has 5 nitrogen and oxygen atoms in total. The van der Waals surface area contributed by atoms with Crippen molar-refractivity contribution >= 4 is 10.0 Å². The van der Waals surface area contributed by atoms with Gasteiger partial charge in [-0.3, -0.25) is 4.90 Å². The van der Waals surface area contributed by atoms with Gasteiger partial charge in [0, 0.05) is 39.0 Å². The molecule has 6 heteroatoms. The van der Waals surface area contributed by atoms with E-state index in [4.69, 9.17) is 4.74 Å². The van der Waals surface area contributed by atoms with Crippen molar-refractivity contribution in [2.45, 2.75) is 43.9 Å². The molecule has 2 saturated heterocycles.